The number of hydrogen-bond donors (Lipinski definition) is 4. The number of primary amides is 1. The van der Waals surface area contributed by atoms with Crippen molar-refractivity contribution in [2.75, 3.05) is 19.5 Å². The molecule has 2 bridgehead atoms. The van der Waals surface area contributed by atoms with Crippen molar-refractivity contribution in [3.63, 3.8) is 0 Å². The SMILES string of the molecule is C#Cc1cc2cc(c1O)CC(C)CC(OC)C(O)C(C)C=C(C)C(OC(N)=O)C(OC)CCC=C(C)C(=O)N2. The summed E-state index contributed by atoms with van der Waals surface area (Å²) < 4.78 is 16.7. The molecule has 0 saturated heterocycles. The number of benzene rings is 1. The molecule has 0 saturated carbocycles. The van der Waals surface area contributed by atoms with E-state index in [1.54, 1.807) is 39.2 Å². The van der Waals surface area contributed by atoms with Crippen molar-refractivity contribution < 1.29 is 34.0 Å². The molecule has 1 aliphatic heterocycles. The second-order valence-corrected chi connectivity index (χ2v) is 10.3. The minimum atomic E-state index is -0.938. The fourth-order valence-electron chi connectivity index (χ4n) is 4.98. The van der Waals surface area contributed by atoms with Crippen LogP contribution < -0.4 is 11.1 Å². The molecule has 2 amide bonds. The molecular weight excluding hydrogens is 500 g/mol. The number of terminal acetylenes is 1. The van der Waals surface area contributed by atoms with Crippen LogP contribution in [0.2, 0.25) is 0 Å². The van der Waals surface area contributed by atoms with E-state index in [1.807, 2.05) is 19.9 Å². The lowest BCUT2D eigenvalue weighted by Gasteiger charge is -2.30. The zero-order valence-electron chi connectivity index (χ0n) is 23.7. The predicted octanol–water partition coefficient (Wildman–Crippen LogP) is 4.06. The zero-order chi connectivity index (χ0) is 29.3. The maximum atomic E-state index is 12.9. The molecule has 0 aromatic heterocycles. The van der Waals surface area contributed by atoms with Gasteiger partial charge in [-0.05, 0) is 68.7 Å². The summed E-state index contributed by atoms with van der Waals surface area (Å²) in [5, 5.41) is 24.8. The molecular formula is C30H42N2O7. The Kier molecular flexibility index (Phi) is 12.0. The lowest BCUT2D eigenvalue weighted by molar-refractivity contribution is -0.112. The number of phenolic OH excluding ortho intramolecular Hbond substituents is 1. The van der Waals surface area contributed by atoms with Gasteiger partial charge in [-0.2, -0.15) is 0 Å². The number of aliphatic hydroxyl groups excluding tert-OH is 1. The van der Waals surface area contributed by atoms with Gasteiger partial charge in [0.25, 0.3) is 5.91 Å². The Morgan fingerprint density at radius 1 is 1.18 bits per heavy atom. The van der Waals surface area contributed by atoms with E-state index in [1.165, 1.54) is 7.11 Å². The Morgan fingerprint density at radius 3 is 2.44 bits per heavy atom. The molecule has 39 heavy (non-hydrogen) atoms. The van der Waals surface area contributed by atoms with Crippen LogP contribution in [-0.2, 0) is 25.4 Å². The first-order valence-corrected chi connectivity index (χ1v) is 13.1. The number of phenols is 1. The quantitative estimate of drug-likeness (QED) is 0.256. The first kappa shape index (κ1) is 31.9. The van der Waals surface area contributed by atoms with Gasteiger partial charge in [-0.25, -0.2) is 4.79 Å². The molecule has 0 spiro atoms. The number of rotatable bonds is 3. The number of nitrogens with two attached hydrogens (primary N) is 1. The van der Waals surface area contributed by atoms with Gasteiger partial charge in [-0.1, -0.05) is 31.9 Å². The van der Waals surface area contributed by atoms with Crippen LogP contribution in [0.1, 0.15) is 58.1 Å². The summed E-state index contributed by atoms with van der Waals surface area (Å²) in [5.41, 5.74) is 7.86. The minimum Gasteiger partial charge on any atom is -0.506 e. The molecule has 1 heterocycles. The van der Waals surface area contributed by atoms with Gasteiger partial charge in [0, 0.05) is 31.4 Å². The van der Waals surface area contributed by atoms with Crippen molar-refractivity contribution in [2.24, 2.45) is 17.6 Å². The average molecular weight is 543 g/mol. The lowest BCUT2D eigenvalue weighted by atomic mass is 9.87. The average Bonchev–Trinajstić information content (AvgIpc) is 2.88. The number of ether oxygens (including phenoxy) is 3. The van der Waals surface area contributed by atoms with E-state index >= 15 is 0 Å². The predicted molar refractivity (Wildman–Crippen MR) is 150 cm³/mol. The molecule has 1 aromatic rings. The van der Waals surface area contributed by atoms with Crippen molar-refractivity contribution >= 4 is 17.7 Å². The van der Waals surface area contributed by atoms with Crippen LogP contribution in [0.15, 0.2) is 35.4 Å². The molecule has 2 rings (SSSR count). The fourth-order valence-corrected chi connectivity index (χ4v) is 4.98. The first-order valence-electron chi connectivity index (χ1n) is 13.1. The maximum Gasteiger partial charge on any atom is 0.405 e. The number of aromatic hydroxyl groups is 1. The van der Waals surface area contributed by atoms with E-state index in [0.717, 1.165) is 0 Å². The number of anilines is 1. The highest BCUT2D eigenvalue weighted by atomic mass is 16.6. The molecule has 0 radical (unpaired) electrons. The summed E-state index contributed by atoms with van der Waals surface area (Å²) in [5.74, 6) is 1.79. The number of allylic oxidation sites excluding steroid dienone is 1. The number of methoxy groups -OCH3 is 2. The number of hydrogen-bond acceptors (Lipinski definition) is 7. The molecule has 5 N–H and O–H groups in total. The Hall–Kier alpha value is -3.32. The van der Waals surface area contributed by atoms with Gasteiger partial charge in [0.1, 0.15) is 5.75 Å². The summed E-state index contributed by atoms with van der Waals surface area (Å²) >= 11 is 0. The molecule has 0 aliphatic carbocycles. The van der Waals surface area contributed by atoms with E-state index in [4.69, 9.17) is 26.4 Å². The topological polar surface area (TPSA) is 140 Å². The van der Waals surface area contributed by atoms with Crippen LogP contribution in [0.25, 0.3) is 0 Å². The van der Waals surface area contributed by atoms with Crippen molar-refractivity contribution in [1.29, 1.82) is 0 Å². The molecule has 6 unspecified atom stereocenters. The third-order valence-electron chi connectivity index (χ3n) is 7.15. The third kappa shape index (κ3) is 8.85. The summed E-state index contributed by atoms with van der Waals surface area (Å²) in [4.78, 5) is 24.6. The summed E-state index contributed by atoms with van der Waals surface area (Å²) in [6.45, 7) is 7.33. The van der Waals surface area contributed by atoms with Crippen LogP contribution in [0, 0.1) is 24.2 Å². The number of carbonyl (C=O) groups excluding carboxylic acids is 2. The van der Waals surface area contributed by atoms with E-state index in [-0.39, 0.29) is 29.1 Å². The first-order chi connectivity index (χ1) is 18.4. The van der Waals surface area contributed by atoms with E-state index < -0.39 is 30.5 Å². The van der Waals surface area contributed by atoms with E-state index in [2.05, 4.69) is 11.2 Å². The van der Waals surface area contributed by atoms with Gasteiger partial charge in [-0.3, -0.25) is 4.79 Å². The highest BCUT2D eigenvalue weighted by Gasteiger charge is 2.30. The molecule has 6 atom stereocenters. The lowest BCUT2D eigenvalue weighted by Crippen LogP contribution is -2.37. The van der Waals surface area contributed by atoms with Gasteiger partial charge in [0.05, 0.1) is 23.9 Å². The third-order valence-corrected chi connectivity index (χ3v) is 7.15. The van der Waals surface area contributed by atoms with Crippen LogP contribution in [-0.4, -0.2) is 60.8 Å². The van der Waals surface area contributed by atoms with Crippen molar-refractivity contribution in [3.8, 4) is 18.1 Å². The highest BCUT2D eigenvalue weighted by Crippen LogP contribution is 2.31. The number of aliphatic hydroxyl groups is 1. The molecule has 9 nitrogen and oxygen atoms in total. The maximum absolute atomic E-state index is 12.9. The number of fused-ring (bicyclic) bond motifs is 2. The van der Waals surface area contributed by atoms with Gasteiger partial charge in [0.2, 0.25) is 0 Å². The Labute approximate surface area is 231 Å². The highest BCUT2D eigenvalue weighted by molar-refractivity contribution is 6.03. The summed E-state index contributed by atoms with van der Waals surface area (Å²) in [7, 11) is 3.05. The van der Waals surface area contributed by atoms with Crippen LogP contribution in [0.5, 0.6) is 5.75 Å². The minimum absolute atomic E-state index is 0.00644. The second kappa shape index (κ2) is 14.7. The van der Waals surface area contributed by atoms with Crippen molar-refractivity contribution in [1.82, 2.24) is 0 Å². The number of carbonyl (C=O) groups is 2. The monoisotopic (exact) mass is 542 g/mol. The summed E-state index contributed by atoms with van der Waals surface area (Å²) in [6.07, 6.45) is 7.42. The number of nitrogens with one attached hydrogen (secondary N) is 1. The van der Waals surface area contributed by atoms with Gasteiger partial charge < -0.3 is 35.5 Å². The van der Waals surface area contributed by atoms with Crippen LogP contribution in [0.4, 0.5) is 10.5 Å². The molecule has 0 fully saturated rings. The smallest absolute Gasteiger partial charge is 0.405 e. The van der Waals surface area contributed by atoms with Gasteiger partial charge in [-0.15, -0.1) is 6.42 Å². The van der Waals surface area contributed by atoms with Crippen molar-refractivity contribution in [3.05, 3.63) is 46.6 Å². The Balaban J connectivity index is 2.54. The molecule has 214 valence electrons. The van der Waals surface area contributed by atoms with Crippen molar-refractivity contribution in [2.45, 2.75) is 77.8 Å². The zero-order valence-corrected chi connectivity index (χ0v) is 23.7. The number of amides is 2. The standard InChI is InChI=1S/C30H42N2O7/c1-8-21-15-23-16-22(27(21)34)12-17(2)13-25(38-7)26(33)19(4)14-20(5)28(39-30(31)36)24(37-6)11-9-10-18(3)29(35)32-23/h1,10,14-17,19,24-26,28,33-34H,9,11-13H2,2-7H3,(H2,31,36)(H,32,35). The van der Waals surface area contributed by atoms with Crippen LogP contribution >= 0.6 is 0 Å². The summed E-state index contributed by atoms with van der Waals surface area (Å²) in [6, 6.07) is 3.27. The normalized spacial score (nSPS) is 27.5. The second-order valence-electron chi connectivity index (χ2n) is 10.3. The molecule has 1 aromatic carbocycles. The van der Waals surface area contributed by atoms with Crippen LogP contribution in [0.3, 0.4) is 0 Å². The molecule has 9 heteroatoms. The fraction of sp³-hybridized carbons (Fsp3) is 0.533. The molecule has 1 aliphatic rings. The Morgan fingerprint density at radius 2 is 1.85 bits per heavy atom. The largest absolute Gasteiger partial charge is 0.506 e. The van der Waals surface area contributed by atoms with Gasteiger partial charge in [0.15, 0.2) is 6.10 Å². The van der Waals surface area contributed by atoms with Gasteiger partial charge >= 0.3 is 6.09 Å². The Bertz CT molecular complexity index is 1120. The van der Waals surface area contributed by atoms with E-state index in [9.17, 15) is 19.8 Å². The van der Waals surface area contributed by atoms with E-state index in [0.29, 0.717) is 48.1 Å².